The Labute approximate surface area is 181 Å². The Morgan fingerprint density at radius 1 is 1.03 bits per heavy atom. The van der Waals surface area contributed by atoms with E-state index in [-0.39, 0.29) is 17.3 Å². The van der Waals surface area contributed by atoms with Gasteiger partial charge in [-0.05, 0) is 47.7 Å². The van der Waals surface area contributed by atoms with E-state index in [1.165, 1.54) is 0 Å². The molecule has 4 nitrogen and oxygen atoms in total. The average Bonchev–Trinajstić information content (AvgIpc) is 2.94. The summed E-state index contributed by atoms with van der Waals surface area (Å²) < 4.78 is 6.97. The number of carbonyl (C=O) groups is 1. The highest BCUT2D eigenvalue weighted by Gasteiger charge is 2.31. The number of allylic oxidation sites excluding steroid dienone is 1. The number of halogens is 1. The zero-order valence-electron chi connectivity index (χ0n) is 17.4. The van der Waals surface area contributed by atoms with Crippen molar-refractivity contribution in [3.63, 3.8) is 0 Å². The predicted octanol–water partition coefficient (Wildman–Crippen LogP) is 5.88. The van der Waals surface area contributed by atoms with Crippen LogP contribution in [-0.4, -0.2) is 28.9 Å². The topological polar surface area (TPSA) is 49.8 Å². The molecule has 1 aliphatic rings. The molecule has 0 spiro atoms. The summed E-state index contributed by atoms with van der Waals surface area (Å²) in [7, 11) is 0. The minimum atomic E-state index is -0.150. The van der Waals surface area contributed by atoms with Gasteiger partial charge in [0.05, 0.1) is 11.1 Å². The molecule has 1 N–H and O–H groups in total. The van der Waals surface area contributed by atoms with Gasteiger partial charge in [0.15, 0.2) is 5.76 Å². The predicted molar refractivity (Wildman–Crippen MR) is 120 cm³/mol. The van der Waals surface area contributed by atoms with Crippen molar-refractivity contribution in [1.29, 1.82) is 0 Å². The van der Waals surface area contributed by atoms with Crippen molar-refractivity contribution in [3.8, 4) is 11.5 Å². The SMILES string of the molecule is CC(C)CN(Cc1c(O)ccc2c1O/C(=C/c1ccc(Br)cc1)C2=O)CC(C)C. The first-order valence-electron chi connectivity index (χ1n) is 10.0. The van der Waals surface area contributed by atoms with Gasteiger partial charge >= 0.3 is 0 Å². The summed E-state index contributed by atoms with van der Waals surface area (Å²) in [6.45, 7) is 11.1. The largest absolute Gasteiger partial charge is 0.507 e. The molecule has 0 atom stereocenters. The van der Waals surface area contributed by atoms with Gasteiger partial charge in [-0.3, -0.25) is 9.69 Å². The quantitative estimate of drug-likeness (QED) is 0.526. The molecule has 29 heavy (non-hydrogen) atoms. The lowest BCUT2D eigenvalue weighted by Crippen LogP contribution is -2.31. The highest BCUT2D eigenvalue weighted by atomic mass is 79.9. The van der Waals surface area contributed by atoms with E-state index >= 15 is 0 Å². The third-order valence-corrected chi connectivity index (χ3v) is 5.24. The number of benzene rings is 2. The summed E-state index contributed by atoms with van der Waals surface area (Å²) in [5.41, 5.74) is 2.07. The van der Waals surface area contributed by atoms with Crippen LogP contribution in [0.25, 0.3) is 6.08 Å². The number of Topliss-reactive ketones (excluding diaryl/α,β-unsaturated/α-hetero) is 1. The van der Waals surface area contributed by atoms with Gasteiger partial charge < -0.3 is 9.84 Å². The summed E-state index contributed by atoms with van der Waals surface area (Å²) in [6, 6.07) is 10.9. The van der Waals surface area contributed by atoms with Crippen molar-refractivity contribution in [1.82, 2.24) is 4.90 Å². The first-order valence-corrected chi connectivity index (χ1v) is 10.8. The molecule has 3 rings (SSSR count). The molecule has 0 saturated heterocycles. The maximum absolute atomic E-state index is 12.9. The van der Waals surface area contributed by atoms with Gasteiger partial charge in [0.25, 0.3) is 0 Å². The first kappa shape index (κ1) is 21.6. The number of phenolic OH excluding ortho intramolecular Hbond substituents is 1. The summed E-state index contributed by atoms with van der Waals surface area (Å²) >= 11 is 3.42. The van der Waals surface area contributed by atoms with Crippen LogP contribution in [0.4, 0.5) is 0 Å². The summed E-state index contributed by atoms with van der Waals surface area (Å²) in [5, 5.41) is 10.5. The van der Waals surface area contributed by atoms with Gasteiger partial charge in [0.1, 0.15) is 11.5 Å². The molecule has 0 aliphatic carbocycles. The van der Waals surface area contributed by atoms with Gasteiger partial charge in [-0.1, -0.05) is 55.8 Å². The molecular formula is C24H28BrNO3. The molecule has 0 fully saturated rings. The molecule has 2 aromatic rings. The number of aromatic hydroxyl groups is 1. The van der Waals surface area contributed by atoms with E-state index in [1.54, 1.807) is 18.2 Å². The van der Waals surface area contributed by atoms with Crippen LogP contribution in [-0.2, 0) is 6.54 Å². The highest BCUT2D eigenvalue weighted by molar-refractivity contribution is 9.10. The molecule has 2 aromatic carbocycles. The Bertz CT molecular complexity index is 906. The maximum atomic E-state index is 12.9. The zero-order chi connectivity index (χ0) is 21.1. The zero-order valence-corrected chi connectivity index (χ0v) is 19.0. The van der Waals surface area contributed by atoms with Crippen molar-refractivity contribution in [2.24, 2.45) is 11.8 Å². The molecule has 0 amide bonds. The van der Waals surface area contributed by atoms with E-state index in [2.05, 4.69) is 48.5 Å². The number of ketones is 1. The molecule has 1 aliphatic heterocycles. The highest BCUT2D eigenvalue weighted by Crippen LogP contribution is 2.40. The van der Waals surface area contributed by atoms with Crippen LogP contribution >= 0.6 is 15.9 Å². The number of hydrogen-bond acceptors (Lipinski definition) is 4. The van der Waals surface area contributed by atoms with Gasteiger partial charge in [-0.2, -0.15) is 0 Å². The summed E-state index contributed by atoms with van der Waals surface area (Å²) in [4.78, 5) is 15.2. The Hall–Kier alpha value is -2.11. The second kappa shape index (κ2) is 9.14. The smallest absolute Gasteiger partial charge is 0.231 e. The summed E-state index contributed by atoms with van der Waals surface area (Å²) in [5.74, 6) is 1.79. The number of ether oxygens (including phenoxy) is 1. The monoisotopic (exact) mass is 457 g/mol. The number of phenols is 1. The van der Waals surface area contributed by atoms with Crippen LogP contribution < -0.4 is 4.74 Å². The number of rotatable bonds is 7. The Morgan fingerprint density at radius 3 is 2.24 bits per heavy atom. The number of nitrogens with zero attached hydrogens (tertiary/aromatic N) is 1. The molecule has 0 unspecified atom stereocenters. The molecular weight excluding hydrogens is 430 g/mol. The second-order valence-corrected chi connectivity index (χ2v) is 9.33. The normalized spacial score (nSPS) is 14.9. The molecule has 0 bridgehead atoms. The van der Waals surface area contributed by atoms with Gasteiger partial charge in [0, 0.05) is 24.1 Å². The first-order chi connectivity index (χ1) is 13.7. The molecule has 0 aromatic heterocycles. The molecule has 0 radical (unpaired) electrons. The Balaban J connectivity index is 1.92. The van der Waals surface area contributed by atoms with Crippen molar-refractivity contribution < 1.29 is 14.6 Å². The lowest BCUT2D eigenvalue weighted by atomic mass is 10.0. The van der Waals surface area contributed by atoms with E-state index in [9.17, 15) is 9.90 Å². The number of fused-ring (bicyclic) bond motifs is 1. The molecule has 5 heteroatoms. The van der Waals surface area contributed by atoms with Crippen molar-refractivity contribution >= 4 is 27.8 Å². The third-order valence-electron chi connectivity index (χ3n) is 4.71. The van der Waals surface area contributed by atoms with Crippen LogP contribution in [0.1, 0.15) is 49.2 Å². The summed E-state index contributed by atoms with van der Waals surface area (Å²) in [6.07, 6.45) is 1.75. The van der Waals surface area contributed by atoms with Gasteiger partial charge in [-0.25, -0.2) is 0 Å². The van der Waals surface area contributed by atoms with Crippen molar-refractivity contribution in [2.45, 2.75) is 34.2 Å². The van der Waals surface area contributed by atoms with Crippen molar-refractivity contribution in [3.05, 3.63) is 63.3 Å². The fourth-order valence-electron chi connectivity index (χ4n) is 3.62. The Kier molecular flexibility index (Phi) is 6.81. The van der Waals surface area contributed by atoms with Crippen LogP contribution in [0.2, 0.25) is 0 Å². The van der Waals surface area contributed by atoms with E-state index in [4.69, 9.17) is 4.74 Å². The minimum Gasteiger partial charge on any atom is -0.507 e. The lowest BCUT2D eigenvalue weighted by Gasteiger charge is -2.27. The minimum absolute atomic E-state index is 0.150. The fraction of sp³-hybridized carbons (Fsp3) is 0.375. The third kappa shape index (κ3) is 5.28. The lowest BCUT2D eigenvalue weighted by molar-refractivity contribution is 0.101. The van der Waals surface area contributed by atoms with Crippen LogP contribution in [0.15, 0.2) is 46.6 Å². The van der Waals surface area contributed by atoms with Gasteiger partial charge in [0.2, 0.25) is 5.78 Å². The van der Waals surface area contributed by atoms with E-state index < -0.39 is 0 Å². The van der Waals surface area contributed by atoms with Crippen LogP contribution in [0.5, 0.6) is 11.5 Å². The van der Waals surface area contributed by atoms with Gasteiger partial charge in [-0.15, -0.1) is 0 Å². The number of hydrogen-bond donors (Lipinski definition) is 1. The van der Waals surface area contributed by atoms with Crippen molar-refractivity contribution in [2.75, 3.05) is 13.1 Å². The second-order valence-electron chi connectivity index (χ2n) is 8.41. The molecule has 154 valence electrons. The maximum Gasteiger partial charge on any atom is 0.231 e. The van der Waals surface area contributed by atoms with E-state index in [0.29, 0.717) is 35.3 Å². The van der Waals surface area contributed by atoms with E-state index in [1.807, 2.05) is 24.3 Å². The standard InChI is InChI=1S/C24H28BrNO3/c1-15(2)12-26(13-16(3)4)14-20-21(27)10-9-19-23(28)22(29-24(19)20)11-17-5-7-18(25)8-6-17/h5-11,15-16,27H,12-14H2,1-4H3/b22-11+. The molecule has 0 saturated carbocycles. The van der Waals surface area contributed by atoms with Crippen LogP contribution in [0.3, 0.4) is 0 Å². The van der Waals surface area contributed by atoms with E-state index in [0.717, 1.165) is 23.1 Å². The fourth-order valence-corrected chi connectivity index (χ4v) is 3.88. The average molecular weight is 458 g/mol. The number of carbonyl (C=O) groups excluding carboxylic acids is 1. The molecule has 1 heterocycles. The van der Waals surface area contributed by atoms with Crippen LogP contribution in [0, 0.1) is 11.8 Å². The Morgan fingerprint density at radius 2 is 1.66 bits per heavy atom.